The average Bonchev–Trinajstić information content (AvgIpc) is 2.41. The van der Waals surface area contributed by atoms with E-state index in [9.17, 15) is 9.90 Å². The molecule has 0 bridgehead atoms. The topological polar surface area (TPSA) is 46.5 Å². The van der Waals surface area contributed by atoms with Gasteiger partial charge in [-0.15, -0.1) is 0 Å². The molecular weight excluding hydrogens is 336 g/mol. The lowest BCUT2D eigenvalue weighted by Gasteiger charge is -2.37. The molecule has 0 spiro atoms. The van der Waals surface area contributed by atoms with Gasteiger partial charge in [0.05, 0.1) is 7.11 Å². The summed E-state index contributed by atoms with van der Waals surface area (Å²) in [6.07, 6.45) is 1.85. The second kappa shape index (κ2) is 7.48. The highest BCUT2D eigenvalue weighted by Gasteiger charge is 2.35. The fourth-order valence-corrected chi connectivity index (χ4v) is 4.66. The number of phenolic OH excluding ortho intramolecular Hbond substituents is 1. The van der Waals surface area contributed by atoms with E-state index >= 15 is 0 Å². The summed E-state index contributed by atoms with van der Waals surface area (Å²) in [5, 5.41) is 10.9. The predicted octanol–water partition coefficient (Wildman–Crippen LogP) is 6.61. The van der Waals surface area contributed by atoms with E-state index in [0.717, 1.165) is 24.0 Å². The lowest BCUT2D eigenvalue weighted by Crippen LogP contribution is -2.28. The number of carbonyl (C=O) groups is 1. The Morgan fingerprint density at radius 1 is 0.852 bits per heavy atom. The minimum atomic E-state index is -0.492. The molecule has 1 aromatic carbocycles. The van der Waals surface area contributed by atoms with E-state index < -0.39 is 5.97 Å². The Morgan fingerprint density at radius 2 is 1.30 bits per heavy atom. The monoisotopic (exact) mass is 376 g/mol. The van der Waals surface area contributed by atoms with E-state index in [1.54, 1.807) is 0 Å². The van der Waals surface area contributed by atoms with E-state index in [2.05, 4.69) is 75.3 Å². The number of methoxy groups -OCH3 is 1. The first kappa shape index (κ1) is 23.5. The molecule has 0 radical (unpaired) electrons. The van der Waals surface area contributed by atoms with Gasteiger partial charge in [0.15, 0.2) is 0 Å². The molecule has 27 heavy (non-hydrogen) atoms. The number of aromatic hydroxyl groups is 1. The molecule has 0 aliphatic heterocycles. The molecule has 0 saturated carbocycles. The minimum Gasteiger partial charge on any atom is -0.507 e. The van der Waals surface area contributed by atoms with Crippen molar-refractivity contribution >= 4 is 5.97 Å². The highest BCUT2D eigenvalue weighted by molar-refractivity contribution is 5.93. The van der Waals surface area contributed by atoms with Crippen molar-refractivity contribution in [2.75, 3.05) is 7.11 Å². The zero-order valence-electron chi connectivity index (χ0n) is 19.3. The van der Waals surface area contributed by atoms with E-state index in [1.807, 2.05) is 6.07 Å². The number of hydrogen-bond donors (Lipinski definition) is 1. The highest BCUT2D eigenvalue weighted by atomic mass is 16.5. The molecule has 0 atom stereocenters. The smallest absolute Gasteiger partial charge is 0.341 e. The van der Waals surface area contributed by atoms with Gasteiger partial charge >= 0.3 is 5.97 Å². The van der Waals surface area contributed by atoms with Crippen LogP contribution in [0.25, 0.3) is 0 Å². The van der Waals surface area contributed by atoms with Gasteiger partial charge in [-0.05, 0) is 46.1 Å². The van der Waals surface area contributed by atoms with Gasteiger partial charge in [-0.25, -0.2) is 4.79 Å². The summed E-state index contributed by atoms with van der Waals surface area (Å²) in [7, 11) is 1.36. The molecule has 0 unspecified atom stereocenters. The van der Waals surface area contributed by atoms with Crippen LogP contribution in [-0.4, -0.2) is 18.2 Å². The molecule has 3 nitrogen and oxygen atoms in total. The van der Waals surface area contributed by atoms with Crippen LogP contribution < -0.4 is 0 Å². The molecule has 0 fully saturated rings. The van der Waals surface area contributed by atoms with Crippen LogP contribution in [0.3, 0.4) is 0 Å². The third-order valence-corrected chi connectivity index (χ3v) is 4.97. The maximum Gasteiger partial charge on any atom is 0.341 e. The van der Waals surface area contributed by atoms with Crippen LogP contribution in [0.4, 0.5) is 0 Å². The molecule has 1 rings (SSSR count). The van der Waals surface area contributed by atoms with Crippen molar-refractivity contribution in [1.82, 2.24) is 0 Å². The summed E-state index contributed by atoms with van der Waals surface area (Å²) < 4.78 is 4.96. The summed E-state index contributed by atoms with van der Waals surface area (Å²) in [5.41, 5.74) is 1.96. The van der Waals surface area contributed by atoms with Crippen LogP contribution in [0.2, 0.25) is 0 Å². The van der Waals surface area contributed by atoms with Crippen molar-refractivity contribution in [2.45, 2.75) is 92.9 Å². The maximum atomic E-state index is 12.4. The van der Waals surface area contributed by atoms with Crippen LogP contribution in [0.5, 0.6) is 5.75 Å². The lowest BCUT2D eigenvalue weighted by atomic mass is 9.68. The van der Waals surface area contributed by atoms with Crippen LogP contribution in [0.1, 0.15) is 104 Å². The maximum absolute atomic E-state index is 12.4. The summed E-state index contributed by atoms with van der Waals surface area (Å²) in [4.78, 5) is 12.4. The van der Waals surface area contributed by atoms with Gasteiger partial charge in [-0.1, -0.05) is 75.3 Å². The molecule has 154 valence electrons. The molecule has 3 heteroatoms. The summed E-state index contributed by atoms with van der Waals surface area (Å²) in [5.74, 6) is -0.444. The molecule has 0 aliphatic carbocycles. The summed E-state index contributed by atoms with van der Waals surface area (Å²) in [6, 6.07) is 3.91. The van der Waals surface area contributed by atoms with Gasteiger partial charge in [-0.3, -0.25) is 0 Å². The molecule has 0 aliphatic rings. The molecule has 0 amide bonds. The number of phenols is 1. The normalized spacial score (nSPS) is 13.6. The van der Waals surface area contributed by atoms with Gasteiger partial charge < -0.3 is 9.84 Å². The minimum absolute atomic E-state index is 0.0476. The van der Waals surface area contributed by atoms with Crippen LogP contribution in [-0.2, 0) is 15.6 Å². The van der Waals surface area contributed by atoms with Gasteiger partial charge in [0, 0.05) is 5.56 Å². The molecule has 1 N–H and O–H groups in total. The quantitative estimate of drug-likeness (QED) is 0.588. The third kappa shape index (κ3) is 6.26. The molecule has 0 heterocycles. The Kier molecular flexibility index (Phi) is 6.52. The zero-order valence-corrected chi connectivity index (χ0v) is 19.3. The largest absolute Gasteiger partial charge is 0.507 e. The number of ether oxygens (including phenoxy) is 1. The Hall–Kier alpha value is -1.51. The third-order valence-electron chi connectivity index (χ3n) is 4.97. The fraction of sp³-hybridized carbons (Fsp3) is 0.708. The highest BCUT2D eigenvalue weighted by Crippen LogP contribution is 2.45. The van der Waals surface area contributed by atoms with E-state index in [0.29, 0.717) is 0 Å². The predicted molar refractivity (Wildman–Crippen MR) is 114 cm³/mol. The first-order valence-corrected chi connectivity index (χ1v) is 9.86. The van der Waals surface area contributed by atoms with E-state index in [-0.39, 0.29) is 33.0 Å². The van der Waals surface area contributed by atoms with E-state index in [4.69, 9.17) is 4.74 Å². The standard InChI is InChI=1S/C24H40O3/c1-21(2,3)14-23(7,8)16-12-17(20(26)27-11)19(25)18(13-16)24(9,10)15-22(4,5)6/h12-13,25H,14-15H2,1-11H3. The molecular formula is C24H40O3. The summed E-state index contributed by atoms with van der Waals surface area (Å²) >= 11 is 0. The van der Waals surface area contributed by atoms with Crippen molar-refractivity contribution in [3.8, 4) is 5.75 Å². The first-order valence-electron chi connectivity index (χ1n) is 9.86. The second-order valence-electron chi connectivity index (χ2n) is 11.7. The number of carbonyl (C=O) groups excluding carboxylic acids is 1. The number of esters is 1. The van der Waals surface area contributed by atoms with Crippen LogP contribution in [0.15, 0.2) is 12.1 Å². The Balaban J connectivity index is 3.67. The van der Waals surface area contributed by atoms with Crippen molar-refractivity contribution in [2.24, 2.45) is 10.8 Å². The van der Waals surface area contributed by atoms with Crippen molar-refractivity contribution in [3.63, 3.8) is 0 Å². The van der Waals surface area contributed by atoms with Crippen LogP contribution >= 0.6 is 0 Å². The van der Waals surface area contributed by atoms with Gasteiger partial charge in [0.2, 0.25) is 0 Å². The van der Waals surface area contributed by atoms with Gasteiger partial charge in [0.25, 0.3) is 0 Å². The van der Waals surface area contributed by atoms with Gasteiger partial charge in [0.1, 0.15) is 11.3 Å². The Bertz CT molecular complexity index is 683. The van der Waals surface area contributed by atoms with Gasteiger partial charge in [-0.2, -0.15) is 0 Å². The first-order chi connectivity index (χ1) is 11.9. The second-order valence-corrected chi connectivity index (χ2v) is 11.7. The van der Waals surface area contributed by atoms with Crippen molar-refractivity contribution < 1.29 is 14.6 Å². The van der Waals surface area contributed by atoms with E-state index in [1.165, 1.54) is 7.11 Å². The Labute approximate surface area is 166 Å². The molecule has 0 saturated heterocycles. The SMILES string of the molecule is COC(=O)c1cc(C(C)(C)CC(C)(C)C)cc(C(C)(C)CC(C)(C)C)c1O. The summed E-state index contributed by atoms with van der Waals surface area (Å²) in [6.45, 7) is 21.9. The Morgan fingerprint density at radius 3 is 1.70 bits per heavy atom. The van der Waals surface area contributed by atoms with Crippen molar-refractivity contribution in [1.29, 1.82) is 0 Å². The number of benzene rings is 1. The van der Waals surface area contributed by atoms with Crippen LogP contribution in [0, 0.1) is 10.8 Å². The number of hydrogen-bond acceptors (Lipinski definition) is 3. The number of rotatable bonds is 5. The average molecular weight is 377 g/mol. The lowest BCUT2D eigenvalue weighted by molar-refractivity contribution is 0.0597. The zero-order chi connectivity index (χ0) is 21.4. The molecule has 1 aromatic rings. The van der Waals surface area contributed by atoms with Crippen molar-refractivity contribution in [3.05, 3.63) is 28.8 Å². The molecule has 0 aromatic heterocycles. The fourth-order valence-electron chi connectivity index (χ4n) is 4.66.